The number of ether oxygens (including phenoxy) is 3. The summed E-state index contributed by atoms with van der Waals surface area (Å²) >= 11 is 0. The van der Waals surface area contributed by atoms with Gasteiger partial charge < -0.3 is 65.2 Å². The van der Waals surface area contributed by atoms with Crippen LogP contribution in [0.2, 0.25) is 0 Å². The maximum absolute atomic E-state index is 13.2. The topological polar surface area (TPSA) is 217 Å². The molecule has 6 aromatic rings. The van der Waals surface area contributed by atoms with Crippen molar-refractivity contribution in [2.45, 2.75) is 57.3 Å². The molecule has 1 saturated carbocycles. The zero-order valence-corrected chi connectivity index (χ0v) is 43.7. The molecule has 3 aromatic carbocycles. The van der Waals surface area contributed by atoms with E-state index in [0.717, 1.165) is 71.5 Å². The molecule has 6 N–H and O–H groups in total. The monoisotopic (exact) mass is 1010 g/mol. The van der Waals surface area contributed by atoms with Crippen molar-refractivity contribution in [3.8, 4) is 22.8 Å². The summed E-state index contributed by atoms with van der Waals surface area (Å²) in [4.78, 5) is 54.7. The normalized spacial score (nSPS) is 15.8. The molecule has 0 radical (unpaired) electrons. The molecular weight excluding hydrogens is 941 g/mol. The summed E-state index contributed by atoms with van der Waals surface area (Å²) in [6.07, 6.45) is 13.3. The molecule has 1 aliphatic carbocycles. The number of aromatic nitrogens is 5. The van der Waals surface area contributed by atoms with E-state index in [4.69, 9.17) is 29.9 Å². The van der Waals surface area contributed by atoms with Gasteiger partial charge in [-0.3, -0.25) is 9.69 Å². The van der Waals surface area contributed by atoms with E-state index in [9.17, 15) is 14.7 Å². The van der Waals surface area contributed by atoms with Gasteiger partial charge in [-0.25, -0.2) is 19.7 Å². The number of rotatable bonds is 22. The molecule has 2 atom stereocenters. The fourth-order valence-electron chi connectivity index (χ4n) is 9.69. The van der Waals surface area contributed by atoms with Gasteiger partial charge in [-0.05, 0) is 69.8 Å². The largest absolute Gasteiger partial charge is 0.495 e. The molecule has 1 fully saturated rings. The number of nitrogens with one attached hydrogen (secondary N) is 3. The second-order valence-electron chi connectivity index (χ2n) is 19.0. The first kappa shape index (κ1) is 52.6. The molecular formula is C54H70N14O6. The second-order valence-corrected chi connectivity index (χ2v) is 19.0. The number of anilines is 8. The smallest absolute Gasteiger partial charge is 0.331 e. The molecule has 1 unspecified atom stereocenters. The number of aliphatic hydroxyl groups excluding tert-OH is 1. The summed E-state index contributed by atoms with van der Waals surface area (Å²) in [6.45, 7) is 4.77. The lowest BCUT2D eigenvalue weighted by molar-refractivity contribution is -0.141. The number of esters is 1. The first-order chi connectivity index (χ1) is 35.8. The van der Waals surface area contributed by atoms with Crippen molar-refractivity contribution >= 4 is 68.9 Å². The third kappa shape index (κ3) is 12.0. The lowest BCUT2D eigenvalue weighted by Crippen LogP contribution is -2.58. The molecule has 4 heterocycles. The van der Waals surface area contributed by atoms with E-state index in [2.05, 4.69) is 60.6 Å². The van der Waals surface area contributed by atoms with E-state index in [1.807, 2.05) is 85.2 Å². The van der Waals surface area contributed by atoms with E-state index in [1.165, 1.54) is 6.08 Å². The number of para-hydroxylation sites is 1. The van der Waals surface area contributed by atoms with Gasteiger partial charge in [-0.15, -0.1) is 0 Å². The van der Waals surface area contributed by atoms with Gasteiger partial charge in [0.05, 0.1) is 54.9 Å². The van der Waals surface area contributed by atoms with Crippen molar-refractivity contribution in [1.82, 2.24) is 39.6 Å². The van der Waals surface area contributed by atoms with Crippen molar-refractivity contribution in [2.24, 2.45) is 7.05 Å². The molecule has 1 amide bonds. The van der Waals surface area contributed by atoms with Gasteiger partial charge in [0.25, 0.3) is 5.91 Å². The summed E-state index contributed by atoms with van der Waals surface area (Å²) in [5.74, 6) is 1.95. The number of amides is 1. The second kappa shape index (κ2) is 23.9. The SMILES string of the molecule is CC[C@@H]1C(O)N(C)c2cnc(Nc3ccc(C(=O)NCCN(C)C/C=C/C(=O)OCN(C)CCN(C)c4cc(OC)c(Nc5nccc(-c6cn(C)c7ccccc67)n5)cc4N)cc3OC)nc2N1C1CCCC1. The van der Waals surface area contributed by atoms with Crippen LogP contribution in [0.5, 0.6) is 11.5 Å². The van der Waals surface area contributed by atoms with E-state index < -0.39 is 12.2 Å². The first-order valence-electron chi connectivity index (χ1n) is 25.1. The van der Waals surface area contributed by atoms with Crippen LogP contribution in [-0.2, 0) is 16.6 Å². The highest BCUT2D eigenvalue weighted by atomic mass is 16.5. The van der Waals surface area contributed by atoms with Crippen molar-refractivity contribution in [2.75, 3.05) is 113 Å². The van der Waals surface area contributed by atoms with Gasteiger partial charge in [-0.1, -0.05) is 44.0 Å². The lowest BCUT2D eigenvalue weighted by Gasteiger charge is -2.48. The number of hydrogen-bond acceptors (Lipinski definition) is 18. The Balaban J connectivity index is 0.754. The Morgan fingerprint density at radius 2 is 1.64 bits per heavy atom. The summed E-state index contributed by atoms with van der Waals surface area (Å²) in [5.41, 5.74) is 13.3. The standard InChI is InChI=1S/C54H70N14O6/c1-9-43-52(71)67(6)46-32-58-54(62-50(46)68(43)36-15-10-11-16-36)60-41-21-20-35(29-47(41)72-7)51(70)56-24-26-63(2)25-14-19-49(69)74-34-64(3)27-28-65(4)45-31-48(73-8)42(30-39(45)55)61-53-57-23-22-40(59-53)38-33-66(5)44-18-13-12-17-37(38)44/h12-14,17-23,29-33,36,43,52,71H,9-11,15-16,24-28,34,55H2,1-8H3,(H,56,70)(H,57,59,61)(H,58,60,62)/b19-14+/t43-,52?/m1/s1. The number of carbonyl (C=O) groups is 2. The van der Waals surface area contributed by atoms with Crippen molar-refractivity contribution < 1.29 is 28.9 Å². The predicted octanol–water partition coefficient (Wildman–Crippen LogP) is 6.59. The van der Waals surface area contributed by atoms with Crippen LogP contribution in [0.3, 0.4) is 0 Å². The van der Waals surface area contributed by atoms with Gasteiger partial charge in [-0.2, -0.15) is 4.98 Å². The Morgan fingerprint density at radius 3 is 2.41 bits per heavy atom. The highest BCUT2D eigenvalue weighted by Crippen LogP contribution is 2.42. The minimum Gasteiger partial charge on any atom is -0.495 e. The van der Waals surface area contributed by atoms with Gasteiger partial charge in [0.15, 0.2) is 5.82 Å². The van der Waals surface area contributed by atoms with Crippen LogP contribution in [0.15, 0.2) is 91.4 Å². The van der Waals surface area contributed by atoms with Crippen molar-refractivity contribution in [3.63, 3.8) is 0 Å². The number of methoxy groups -OCH3 is 2. The predicted molar refractivity (Wildman–Crippen MR) is 292 cm³/mol. The number of benzene rings is 3. The van der Waals surface area contributed by atoms with E-state index in [-0.39, 0.29) is 18.7 Å². The first-order valence-corrected chi connectivity index (χ1v) is 25.1. The van der Waals surface area contributed by atoms with Crippen LogP contribution in [0.4, 0.5) is 46.2 Å². The van der Waals surface area contributed by atoms with Gasteiger partial charge in [0, 0.05) is 106 Å². The number of nitrogens with zero attached hydrogens (tertiary/aromatic N) is 10. The summed E-state index contributed by atoms with van der Waals surface area (Å²) in [6, 6.07) is 19.2. The third-order valence-electron chi connectivity index (χ3n) is 13.8. The molecule has 74 heavy (non-hydrogen) atoms. The quantitative estimate of drug-likeness (QED) is 0.0210. The number of hydrogen-bond donors (Lipinski definition) is 5. The average molecular weight is 1010 g/mol. The Bertz CT molecular complexity index is 2940. The average Bonchev–Trinajstić information content (AvgIpc) is 4.06. The number of nitrogen functional groups attached to an aromatic ring is 1. The third-order valence-corrected chi connectivity index (χ3v) is 13.8. The molecule has 1 aliphatic heterocycles. The Morgan fingerprint density at radius 1 is 0.892 bits per heavy atom. The lowest BCUT2D eigenvalue weighted by atomic mass is 10.0. The van der Waals surface area contributed by atoms with Gasteiger partial charge >= 0.3 is 5.97 Å². The van der Waals surface area contributed by atoms with Crippen molar-refractivity contribution in [1.29, 1.82) is 0 Å². The molecule has 0 spiro atoms. The Hall–Kier alpha value is -7.68. The van der Waals surface area contributed by atoms with Crippen LogP contribution < -0.4 is 45.9 Å². The van der Waals surface area contributed by atoms with Crippen LogP contribution in [0.25, 0.3) is 22.2 Å². The number of nitrogens with two attached hydrogens (primary N) is 1. The minimum atomic E-state index is -0.655. The molecule has 392 valence electrons. The molecule has 2 aliphatic rings. The molecule has 20 nitrogen and oxygen atoms in total. The molecule has 3 aromatic heterocycles. The Labute approximate surface area is 433 Å². The van der Waals surface area contributed by atoms with Crippen LogP contribution in [-0.4, -0.2) is 151 Å². The van der Waals surface area contributed by atoms with E-state index >= 15 is 0 Å². The maximum atomic E-state index is 13.2. The number of aryl methyl sites for hydroxylation is 1. The molecule has 0 saturated heterocycles. The number of aliphatic hydroxyl groups is 1. The van der Waals surface area contributed by atoms with E-state index in [1.54, 1.807) is 50.9 Å². The van der Waals surface area contributed by atoms with Crippen molar-refractivity contribution in [3.05, 3.63) is 97.0 Å². The summed E-state index contributed by atoms with van der Waals surface area (Å²) in [7, 11) is 12.8. The molecule has 0 bridgehead atoms. The minimum absolute atomic E-state index is 0.0836. The van der Waals surface area contributed by atoms with Crippen LogP contribution in [0.1, 0.15) is 49.4 Å². The summed E-state index contributed by atoms with van der Waals surface area (Å²) < 4.78 is 19.0. The zero-order chi connectivity index (χ0) is 52.5. The summed E-state index contributed by atoms with van der Waals surface area (Å²) in [5, 5.41) is 21.8. The van der Waals surface area contributed by atoms with Crippen LogP contribution in [0, 0.1) is 0 Å². The molecule has 20 heteroatoms. The number of carbonyl (C=O) groups excluding carboxylic acids is 2. The highest BCUT2D eigenvalue weighted by Gasteiger charge is 2.41. The fraction of sp³-hybridized carbons (Fsp3) is 0.407. The van der Waals surface area contributed by atoms with E-state index in [0.29, 0.717) is 84.8 Å². The van der Waals surface area contributed by atoms with Gasteiger partial charge in [0.2, 0.25) is 11.9 Å². The molecule has 8 rings (SSSR count). The number of fused-ring (bicyclic) bond motifs is 2. The number of likely N-dealkylation sites (N-methyl/N-ethyl adjacent to an activating group) is 4. The zero-order valence-electron chi connectivity index (χ0n) is 43.7. The van der Waals surface area contributed by atoms with Crippen LogP contribution >= 0.6 is 0 Å². The maximum Gasteiger partial charge on any atom is 0.331 e. The van der Waals surface area contributed by atoms with Gasteiger partial charge in [0.1, 0.15) is 30.1 Å². The fourth-order valence-corrected chi connectivity index (χ4v) is 9.69. The highest BCUT2D eigenvalue weighted by molar-refractivity contribution is 5.96. The Kier molecular flexibility index (Phi) is 17.0.